The van der Waals surface area contributed by atoms with Crippen LogP contribution >= 0.6 is 22.9 Å². The fraction of sp³-hybridized carbons (Fsp3) is 0.417. The zero-order valence-electron chi connectivity index (χ0n) is 11.0. The minimum Gasteiger partial charge on any atom is -0.358 e. The van der Waals surface area contributed by atoms with E-state index in [0.29, 0.717) is 12.4 Å². The predicted octanol–water partition coefficient (Wildman–Crippen LogP) is 2.62. The van der Waals surface area contributed by atoms with Crippen LogP contribution in [-0.2, 0) is 4.79 Å². The van der Waals surface area contributed by atoms with Gasteiger partial charge in [0.15, 0.2) is 0 Å². The summed E-state index contributed by atoms with van der Waals surface area (Å²) in [6.45, 7) is 4.41. The summed E-state index contributed by atoms with van der Waals surface area (Å²) in [4.78, 5) is 22.8. The Labute approximate surface area is 120 Å². The van der Waals surface area contributed by atoms with Crippen molar-refractivity contribution in [1.82, 2.24) is 14.9 Å². The molecule has 2 heterocycles. The average molecular weight is 299 g/mol. The number of hydrogen-bond acceptors (Lipinski definition) is 5. The highest BCUT2D eigenvalue weighted by Crippen LogP contribution is 2.26. The highest BCUT2D eigenvalue weighted by atomic mass is 35.5. The molecule has 0 saturated carbocycles. The fourth-order valence-electron chi connectivity index (χ4n) is 1.69. The number of halogens is 1. The van der Waals surface area contributed by atoms with Crippen LogP contribution in [-0.4, -0.2) is 40.4 Å². The van der Waals surface area contributed by atoms with Crippen molar-refractivity contribution in [1.29, 1.82) is 0 Å². The van der Waals surface area contributed by atoms with Crippen LogP contribution in [0, 0.1) is 0 Å². The number of carbonyl (C=O) groups is 1. The molecule has 1 N–H and O–H groups in total. The third-order valence-corrected chi connectivity index (χ3v) is 3.85. The lowest BCUT2D eigenvalue weighted by Gasteiger charge is -2.21. The number of carbonyl (C=O) groups excluding carboxylic acids is 1. The second-order valence-corrected chi connectivity index (χ2v) is 5.43. The van der Waals surface area contributed by atoms with Crippen LogP contribution < -0.4 is 5.32 Å². The third-order valence-electron chi connectivity index (χ3n) is 2.87. The number of fused-ring (bicyclic) bond motifs is 1. The van der Waals surface area contributed by atoms with E-state index in [-0.39, 0.29) is 17.2 Å². The Morgan fingerprint density at radius 1 is 1.58 bits per heavy atom. The van der Waals surface area contributed by atoms with Gasteiger partial charge in [0.05, 0.1) is 5.39 Å². The molecule has 0 bridgehead atoms. The summed E-state index contributed by atoms with van der Waals surface area (Å²) in [6, 6.07) is 1.55. The first kappa shape index (κ1) is 14.0. The van der Waals surface area contributed by atoms with Crippen LogP contribution in [0.25, 0.3) is 10.2 Å². The van der Waals surface area contributed by atoms with Gasteiger partial charge in [-0.15, -0.1) is 11.3 Å². The third kappa shape index (κ3) is 2.96. The molecule has 0 saturated heterocycles. The lowest BCUT2D eigenvalue weighted by molar-refractivity contribution is -0.130. The summed E-state index contributed by atoms with van der Waals surface area (Å²) in [6.07, 6.45) is 0. The Morgan fingerprint density at radius 2 is 2.32 bits per heavy atom. The highest BCUT2D eigenvalue weighted by molar-refractivity contribution is 7.16. The molecule has 19 heavy (non-hydrogen) atoms. The van der Waals surface area contributed by atoms with Gasteiger partial charge >= 0.3 is 0 Å². The largest absolute Gasteiger partial charge is 0.358 e. The Balaban J connectivity index is 2.26. The van der Waals surface area contributed by atoms with Crippen LogP contribution in [0.2, 0.25) is 5.28 Å². The van der Waals surface area contributed by atoms with E-state index in [1.165, 1.54) is 11.3 Å². The maximum atomic E-state index is 12.0. The number of nitrogens with zero attached hydrogens (tertiary/aromatic N) is 3. The summed E-state index contributed by atoms with van der Waals surface area (Å²) in [5.41, 5.74) is 0. The van der Waals surface area contributed by atoms with Crippen molar-refractivity contribution in [3.05, 3.63) is 16.7 Å². The molecule has 5 nitrogen and oxygen atoms in total. The van der Waals surface area contributed by atoms with E-state index in [1.807, 2.05) is 25.3 Å². The van der Waals surface area contributed by atoms with Gasteiger partial charge in [0.1, 0.15) is 16.7 Å². The van der Waals surface area contributed by atoms with E-state index in [4.69, 9.17) is 11.6 Å². The van der Waals surface area contributed by atoms with Gasteiger partial charge in [-0.3, -0.25) is 4.79 Å². The van der Waals surface area contributed by atoms with E-state index in [0.717, 1.165) is 10.2 Å². The van der Waals surface area contributed by atoms with Crippen LogP contribution in [0.4, 0.5) is 5.82 Å². The number of anilines is 1. The van der Waals surface area contributed by atoms with Crippen molar-refractivity contribution >= 4 is 44.9 Å². The zero-order chi connectivity index (χ0) is 14.0. The number of nitrogens with one attached hydrogen (secondary N) is 1. The minimum atomic E-state index is -0.362. The van der Waals surface area contributed by atoms with Gasteiger partial charge in [-0.1, -0.05) is 0 Å². The van der Waals surface area contributed by atoms with Gasteiger partial charge in [-0.2, -0.15) is 0 Å². The van der Waals surface area contributed by atoms with E-state index in [1.54, 1.807) is 11.9 Å². The Bertz CT molecular complexity index is 600. The van der Waals surface area contributed by atoms with Gasteiger partial charge in [0.25, 0.3) is 0 Å². The standard InChI is InChI=1S/C12H15ClN4OS/c1-4-17(3)11(18)7(2)14-9-8-5-6-19-10(8)16-12(13)15-9/h5-7H,4H2,1-3H3,(H,14,15,16). The number of likely N-dealkylation sites (N-methyl/N-ethyl adjacent to an activating group) is 1. The number of hydrogen-bond donors (Lipinski definition) is 1. The monoisotopic (exact) mass is 298 g/mol. The zero-order valence-corrected chi connectivity index (χ0v) is 12.5. The van der Waals surface area contributed by atoms with Crippen LogP contribution in [0.5, 0.6) is 0 Å². The summed E-state index contributed by atoms with van der Waals surface area (Å²) >= 11 is 7.37. The summed E-state index contributed by atoms with van der Waals surface area (Å²) in [5.74, 6) is 0.613. The van der Waals surface area contributed by atoms with Crippen LogP contribution in [0.1, 0.15) is 13.8 Å². The minimum absolute atomic E-state index is 0.0145. The lowest BCUT2D eigenvalue weighted by atomic mass is 10.2. The molecule has 1 atom stereocenters. The number of thiophene rings is 1. The summed E-state index contributed by atoms with van der Waals surface area (Å²) in [5, 5.41) is 6.09. The van der Waals surface area contributed by atoms with Gasteiger partial charge in [0.2, 0.25) is 11.2 Å². The molecule has 0 spiro atoms. The molecule has 0 aliphatic carbocycles. The first-order valence-electron chi connectivity index (χ1n) is 5.95. The molecule has 2 aromatic heterocycles. The lowest BCUT2D eigenvalue weighted by Crippen LogP contribution is -2.39. The summed E-state index contributed by atoms with van der Waals surface area (Å²) < 4.78 is 0. The van der Waals surface area contributed by atoms with Crippen molar-refractivity contribution in [2.75, 3.05) is 18.9 Å². The molecule has 1 amide bonds. The van der Waals surface area contributed by atoms with E-state index >= 15 is 0 Å². The molecule has 0 radical (unpaired) electrons. The van der Waals surface area contributed by atoms with Crippen LogP contribution in [0.3, 0.4) is 0 Å². The normalized spacial score (nSPS) is 12.4. The van der Waals surface area contributed by atoms with Crippen molar-refractivity contribution in [2.45, 2.75) is 19.9 Å². The van der Waals surface area contributed by atoms with Crippen molar-refractivity contribution < 1.29 is 4.79 Å². The average Bonchev–Trinajstić information content (AvgIpc) is 2.84. The van der Waals surface area contributed by atoms with Crippen molar-refractivity contribution in [3.63, 3.8) is 0 Å². The van der Waals surface area contributed by atoms with Gasteiger partial charge in [0, 0.05) is 13.6 Å². The molecule has 7 heteroatoms. The first-order chi connectivity index (χ1) is 9.02. The van der Waals surface area contributed by atoms with E-state index < -0.39 is 0 Å². The molecule has 2 aromatic rings. The topological polar surface area (TPSA) is 58.1 Å². The Hall–Kier alpha value is -1.40. The van der Waals surface area contributed by atoms with Crippen LogP contribution in [0.15, 0.2) is 11.4 Å². The summed E-state index contributed by atoms with van der Waals surface area (Å²) in [7, 11) is 1.77. The molecular weight excluding hydrogens is 284 g/mol. The van der Waals surface area contributed by atoms with Crippen molar-refractivity contribution in [2.24, 2.45) is 0 Å². The Morgan fingerprint density at radius 3 is 3.00 bits per heavy atom. The molecule has 102 valence electrons. The quantitative estimate of drug-likeness (QED) is 0.882. The molecule has 0 aliphatic rings. The van der Waals surface area contributed by atoms with Gasteiger partial charge in [-0.05, 0) is 36.9 Å². The number of rotatable bonds is 4. The van der Waals surface area contributed by atoms with Crippen molar-refractivity contribution in [3.8, 4) is 0 Å². The highest BCUT2D eigenvalue weighted by Gasteiger charge is 2.18. The molecule has 1 unspecified atom stereocenters. The Kier molecular flexibility index (Phi) is 4.21. The van der Waals surface area contributed by atoms with Gasteiger partial charge in [-0.25, -0.2) is 9.97 Å². The molecule has 0 aliphatic heterocycles. The molecule has 2 rings (SSSR count). The maximum Gasteiger partial charge on any atom is 0.244 e. The van der Waals surface area contributed by atoms with E-state index in [2.05, 4.69) is 15.3 Å². The number of amides is 1. The maximum absolute atomic E-state index is 12.0. The smallest absolute Gasteiger partial charge is 0.244 e. The van der Waals surface area contributed by atoms with E-state index in [9.17, 15) is 4.79 Å². The predicted molar refractivity (Wildman–Crippen MR) is 78.8 cm³/mol. The molecular formula is C12H15ClN4OS. The first-order valence-corrected chi connectivity index (χ1v) is 7.21. The molecule has 0 fully saturated rings. The SMILES string of the molecule is CCN(C)C(=O)C(C)Nc1nc(Cl)nc2sccc12. The van der Waals surface area contributed by atoms with Gasteiger partial charge < -0.3 is 10.2 Å². The fourth-order valence-corrected chi connectivity index (χ4v) is 2.68. The second kappa shape index (κ2) is 5.71. The molecule has 0 aromatic carbocycles. The second-order valence-electron chi connectivity index (χ2n) is 4.20. The number of aromatic nitrogens is 2.